The zero-order chi connectivity index (χ0) is 19.3. The van der Waals surface area contributed by atoms with E-state index >= 15 is 0 Å². The van der Waals surface area contributed by atoms with Gasteiger partial charge in [0.25, 0.3) is 0 Å². The van der Waals surface area contributed by atoms with Gasteiger partial charge in [-0.05, 0) is 71.3 Å². The van der Waals surface area contributed by atoms with E-state index in [-0.39, 0.29) is 34.2 Å². The molecule has 0 saturated heterocycles. The number of carbonyl (C=O) groups is 2. The predicted molar refractivity (Wildman–Crippen MR) is 101 cm³/mol. The second-order valence-electron chi connectivity index (χ2n) is 10.6. The van der Waals surface area contributed by atoms with E-state index in [9.17, 15) is 9.59 Å². The molecule has 4 bridgehead atoms. The first-order valence-electron chi connectivity index (χ1n) is 10.7. The highest BCUT2D eigenvalue weighted by Crippen LogP contribution is 2.93. The first-order chi connectivity index (χ1) is 13.4. The van der Waals surface area contributed by atoms with E-state index in [2.05, 4.69) is 26.0 Å². The Kier molecular flexibility index (Phi) is 2.48. The molecule has 0 aliphatic heterocycles. The maximum Gasteiger partial charge on any atom is 0.202 e. The molecule has 0 N–H and O–H groups in total. The van der Waals surface area contributed by atoms with Crippen LogP contribution in [-0.4, -0.2) is 25.8 Å². The van der Waals surface area contributed by atoms with Crippen molar-refractivity contribution >= 4 is 11.6 Å². The summed E-state index contributed by atoms with van der Waals surface area (Å²) in [6.07, 6.45) is 2.00. The number of carbonyl (C=O) groups excluding carboxylic acids is 2. The number of rotatable bonds is 2. The van der Waals surface area contributed by atoms with Crippen molar-refractivity contribution < 1.29 is 19.1 Å². The topological polar surface area (TPSA) is 52.6 Å². The van der Waals surface area contributed by atoms with Crippen LogP contribution in [-0.2, 0) is 9.59 Å². The smallest absolute Gasteiger partial charge is 0.202 e. The summed E-state index contributed by atoms with van der Waals surface area (Å²) in [6, 6.07) is 4.10. The molecule has 7 rings (SSSR count). The van der Waals surface area contributed by atoms with Crippen molar-refractivity contribution in [3.05, 3.63) is 23.3 Å². The second-order valence-corrected chi connectivity index (χ2v) is 10.6. The molecule has 0 amide bonds. The van der Waals surface area contributed by atoms with Gasteiger partial charge in [0, 0.05) is 23.0 Å². The number of fused-ring (bicyclic) bond motifs is 18. The van der Waals surface area contributed by atoms with Crippen molar-refractivity contribution in [3.8, 4) is 11.5 Å². The largest absolute Gasteiger partial charge is 0.496 e. The fourth-order valence-electron chi connectivity index (χ4n) is 10.2. The van der Waals surface area contributed by atoms with Crippen molar-refractivity contribution in [3.63, 3.8) is 0 Å². The number of ketones is 2. The van der Waals surface area contributed by atoms with Gasteiger partial charge in [-0.15, -0.1) is 0 Å². The van der Waals surface area contributed by atoms with Gasteiger partial charge in [-0.1, -0.05) is 13.8 Å². The van der Waals surface area contributed by atoms with Crippen molar-refractivity contribution in [2.75, 3.05) is 14.2 Å². The van der Waals surface area contributed by atoms with Gasteiger partial charge in [-0.25, -0.2) is 0 Å². The van der Waals surface area contributed by atoms with E-state index in [0.717, 1.165) is 17.9 Å². The average Bonchev–Trinajstić information content (AvgIpc) is 3.44. The van der Waals surface area contributed by atoms with Gasteiger partial charge in [0.15, 0.2) is 0 Å². The molecule has 6 aliphatic rings. The molecule has 4 nitrogen and oxygen atoms in total. The third kappa shape index (κ3) is 1.19. The summed E-state index contributed by atoms with van der Waals surface area (Å²) in [7, 11) is 3.52. The predicted octanol–water partition coefficient (Wildman–Crippen LogP) is 3.58. The quantitative estimate of drug-likeness (QED) is 0.583. The molecule has 146 valence electrons. The van der Waals surface area contributed by atoms with Crippen LogP contribution < -0.4 is 9.47 Å². The van der Waals surface area contributed by atoms with Gasteiger partial charge in [-0.2, -0.15) is 0 Å². The van der Waals surface area contributed by atoms with E-state index in [4.69, 9.17) is 9.47 Å². The maximum atomic E-state index is 12.5. The van der Waals surface area contributed by atoms with Crippen LogP contribution in [0, 0.1) is 46.3 Å². The number of benzene rings is 1. The molecule has 10 atom stereocenters. The Labute approximate surface area is 165 Å². The van der Waals surface area contributed by atoms with Gasteiger partial charge in [-0.3, -0.25) is 9.59 Å². The Balaban J connectivity index is 1.40. The summed E-state index contributed by atoms with van der Waals surface area (Å²) in [5.74, 6) is 4.96. The molecule has 6 unspecified atom stereocenters. The zero-order valence-electron chi connectivity index (χ0n) is 16.8. The molecule has 5 saturated carbocycles. The Morgan fingerprint density at radius 3 is 1.46 bits per heavy atom. The number of ether oxygens (including phenoxy) is 2. The lowest BCUT2D eigenvalue weighted by atomic mass is 9.20. The summed E-state index contributed by atoms with van der Waals surface area (Å²) in [6.45, 7) is 4.89. The van der Waals surface area contributed by atoms with Crippen molar-refractivity contribution in [1.82, 2.24) is 0 Å². The van der Waals surface area contributed by atoms with Crippen LogP contribution in [0.25, 0.3) is 0 Å². The molecule has 4 heteroatoms. The molecular weight excluding hydrogens is 352 g/mol. The SMILES string of the molecule is COc1ccc(OC)c2c1[C@H]1C[C@@H]2C2C1C1(C)C3C([C@@H]4C[C@H]3C(=O)C4=O)C21C. The third-order valence-electron chi connectivity index (χ3n) is 10.8. The van der Waals surface area contributed by atoms with E-state index in [1.54, 1.807) is 14.2 Å². The van der Waals surface area contributed by atoms with Crippen molar-refractivity contribution in [2.24, 2.45) is 46.3 Å². The lowest BCUT2D eigenvalue weighted by Gasteiger charge is -2.83. The molecule has 28 heavy (non-hydrogen) atoms. The molecule has 0 heterocycles. The Morgan fingerprint density at radius 1 is 0.714 bits per heavy atom. The lowest BCUT2D eigenvalue weighted by molar-refractivity contribution is -0.353. The van der Waals surface area contributed by atoms with Crippen LogP contribution in [0.5, 0.6) is 11.5 Å². The van der Waals surface area contributed by atoms with E-state index < -0.39 is 0 Å². The zero-order valence-corrected chi connectivity index (χ0v) is 16.8. The number of methoxy groups -OCH3 is 2. The van der Waals surface area contributed by atoms with Crippen LogP contribution >= 0.6 is 0 Å². The minimum Gasteiger partial charge on any atom is -0.496 e. The summed E-state index contributed by atoms with van der Waals surface area (Å²) in [4.78, 5) is 25.1. The number of hydrogen-bond donors (Lipinski definition) is 0. The molecule has 0 aromatic heterocycles. The van der Waals surface area contributed by atoms with Crippen LogP contribution in [0.2, 0.25) is 0 Å². The van der Waals surface area contributed by atoms with E-state index in [0.29, 0.717) is 35.5 Å². The van der Waals surface area contributed by atoms with Crippen LogP contribution in [0.15, 0.2) is 12.1 Å². The molecule has 1 aromatic carbocycles. The monoisotopic (exact) mass is 378 g/mol. The van der Waals surface area contributed by atoms with E-state index in [1.165, 1.54) is 17.5 Å². The molecule has 5 fully saturated rings. The normalized spacial score (nSPS) is 53.1. The van der Waals surface area contributed by atoms with E-state index in [1.807, 2.05) is 0 Å². The Morgan fingerprint density at radius 2 is 1.07 bits per heavy atom. The molecule has 1 aromatic rings. The van der Waals surface area contributed by atoms with Crippen LogP contribution in [0.3, 0.4) is 0 Å². The molecule has 0 spiro atoms. The number of hydrogen-bond acceptors (Lipinski definition) is 4. The first-order valence-corrected chi connectivity index (χ1v) is 10.7. The van der Waals surface area contributed by atoms with Crippen LogP contribution in [0.4, 0.5) is 0 Å². The minimum absolute atomic E-state index is 0.00678. The summed E-state index contributed by atoms with van der Waals surface area (Å²) in [5, 5.41) is 0. The molecule has 6 aliphatic carbocycles. The van der Waals surface area contributed by atoms with Crippen LogP contribution in [0.1, 0.15) is 49.7 Å². The van der Waals surface area contributed by atoms with Gasteiger partial charge >= 0.3 is 0 Å². The lowest BCUT2D eigenvalue weighted by Crippen LogP contribution is -2.81. The minimum atomic E-state index is -0.0548. The molecule has 0 radical (unpaired) electrons. The fraction of sp³-hybridized carbons (Fsp3) is 0.667. The molecular formula is C24H26O4. The summed E-state index contributed by atoms with van der Waals surface area (Å²) in [5.41, 5.74) is 3.10. The van der Waals surface area contributed by atoms with Crippen molar-refractivity contribution in [1.29, 1.82) is 0 Å². The first kappa shape index (κ1) is 16.0. The van der Waals surface area contributed by atoms with Gasteiger partial charge in [0.2, 0.25) is 11.6 Å². The number of Topliss-reactive ketones (excluding diaryl/α,β-unsaturated/α-hetero) is 2. The second kappa shape index (κ2) is 4.34. The van der Waals surface area contributed by atoms with Gasteiger partial charge < -0.3 is 9.47 Å². The summed E-state index contributed by atoms with van der Waals surface area (Å²) < 4.78 is 11.5. The van der Waals surface area contributed by atoms with Gasteiger partial charge in [0.05, 0.1) is 14.2 Å². The fourth-order valence-corrected chi connectivity index (χ4v) is 10.2. The third-order valence-corrected chi connectivity index (χ3v) is 10.8. The Bertz CT molecular complexity index is 920. The standard InChI is InChI=1S/C24H26O4/c1-23-17-9-7-10(16-14(28-4)6-5-13(27-3)15(9)16)18(17)24(23,2)20-12-8-11(19(20)23)21(25)22(12)26/h5-6,9-12,17-20H,7-8H2,1-4H3/t9-,10+,11-,12+,17?,18?,19?,20?,23?,24?. The van der Waals surface area contributed by atoms with Crippen molar-refractivity contribution in [2.45, 2.75) is 38.5 Å². The average molecular weight is 378 g/mol. The Hall–Kier alpha value is -1.84. The summed E-state index contributed by atoms with van der Waals surface area (Å²) >= 11 is 0. The highest BCUT2D eigenvalue weighted by Gasteiger charge is 2.90. The highest BCUT2D eigenvalue weighted by atomic mass is 16.5. The van der Waals surface area contributed by atoms with Gasteiger partial charge in [0.1, 0.15) is 11.5 Å². The maximum absolute atomic E-state index is 12.5. The highest BCUT2D eigenvalue weighted by molar-refractivity contribution is 6.41.